The van der Waals surface area contributed by atoms with Crippen LogP contribution in [0.25, 0.3) is 0 Å². The molecule has 0 fully saturated rings. The summed E-state index contributed by atoms with van der Waals surface area (Å²) in [6.45, 7) is 12.8. The van der Waals surface area contributed by atoms with Crippen LogP contribution in [0.15, 0.2) is 24.8 Å². The summed E-state index contributed by atoms with van der Waals surface area (Å²) < 4.78 is 5.12. The molecule has 0 aromatic heterocycles. The Hall–Kier alpha value is -0.560. The van der Waals surface area contributed by atoms with Gasteiger partial charge in [-0.2, -0.15) is 0 Å². The maximum atomic E-state index is 5.12. The fourth-order valence-corrected chi connectivity index (χ4v) is 1.08. The zero-order valence-electron chi connectivity index (χ0n) is 8.52. The van der Waals surface area contributed by atoms with Crippen molar-refractivity contribution in [2.24, 2.45) is 5.41 Å². The molecule has 0 aliphatic carbocycles. The number of hydrogen-bond acceptors (Lipinski definition) is 1. The highest BCUT2D eigenvalue weighted by molar-refractivity contribution is 5.07. The van der Waals surface area contributed by atoms with E-state index in [1.165, 1.54) is 5.57 Å². The van der Waals surface area contributed by atoms with Crippen LogP contribution in [-0.4, -0.2) is 13.7 Å². The third kappa shape index (κ3) is 3.72. The van der Waals surface area contributed by atoms with E-state index in [0.717, 1.165) is 19.4 Å². The van der Waals surface area contributed by atoms with Crippen LogP contribution >= 0.6 is 0 Å². The summed E-state index contributed by atoms with van der Waals surface area (Å²) in [4.78, 5) is 0. The van der Waals surface area contributed by atoms with E-state index in [1.54, 1.807) is 7.11 Å². The highest BCUT2D eigenvalue weighted by atomic mass is 16.5. The predicted molar refractivity (Wildman–Crippen MR) is 54.2 cm³/mol. The molecule has 0 amide bonds. The van der Waals surface area contributed by atoms with Crippen LogP contribution in [0.3, 0.4) is 0 Å². The van der Waals surface area contributed by atoms with Crippen LogP contribution in [0.2, 0.25) is 0 Å². The molecular formula is C11H20O. The van der Waals surface area contributed by atoms with Crippen LogP contribution in [0.5, 0.6) is 0 Å². The minimum Gasteiger partial charge on any atom is -0.384 e. The molecule has 1 nitrogen and oxygen atoms in total. The summed E-state index contributed by atoms with van der Waals surface area (Å²) in [5.74, 6) is 0. The van der Waals surface area contributed by atoms with Crippen molar-refractivity contribution >= 4 is 0 Å². The van der Waals surface area contributed by atoms with Gasteiger partial charge in [0.2, 0.25) is 0 Å². The lowest BCUT2D eigenvalue weighted by atomic mass is 9.83. The second kappa shape index (κ2) is 5.15. The third-order valence-electron chi connectivity index (χ3n) is 2.11. The Morgan fingerprint density at radius 1 is 1.50 bits per heavy atom. The molecule has 0 N–H and O–H groups in total. The van der Waals surface area contributed by atoms with Crippen molar-refractivity contribution in [3.8, 4) is 0 Å². The zero-order valence-corrected chi connectivity index (χ0v) is 8.52. The summed E-state index contributed by atoms with van der Waals surface area (Å²) in [6, 6.07) is 0. The van der Waals surface area contributed by atoms with Gasteiger partial charge in [0, 0.05) is 12.5 Å². The first-order valence-corrected chi connectivity index (χ1v) is 4.32. The van der Waals surface area contributed by atoms with E-state index in [2.05, 4.69) is 27.0 Å². The van der Waals surface area contributed by atoms with Crippen molar-refractivity contribution in [2.75, 3.05) is 13.7 Å². The Morgan fingerprint density at radius 3 is 2.50 bits per heavy atom. The lowest BCUT2D eigenvalue weighted by Gasteiger charge is -2.26. The van der Waals surface area contributed by atoms with Crippen LogP contribution in [-0.2, 0) is 4.74 Å². The Balaban J connectivity index is 3.96. The highest BCUT2D eigenvalue weighted by Crippen LogP contribution is 2.28. The van der Waals surface area contributed by atoms with E-state index in [4.69, 9.17) is 4.74 Å². The topological polar surface area (TPSA) is 9.23 Å². The Labute approximate surface area is 76.1 Å². The molecule has 0 saturated carbocycles. The molecule has 12 heavy (non-hydrogen) atoms. The molecule has 0 atom stereocenters. The van der Waals surface area contributed by atoms with Gasteiger partial charge in [-0.15, -0.1) is 6.58 Å². The third-order valence-corrected chi connectivity index (χ3v) is 2.11. The standard InChI is InChI=1S/C11H20O/c1-6-7-8-10(2)11(3,4)9-12-5/h6H,1-2,7-9H2,3-5H3. The van der Waals surface area contributed by atoms with Gasteiger partial charge in [-0.25, -0.2) is 0 Å². The van der Waals surface area contributed by atoms with E-state index >= 15 is 0 Å². The number of hydrogen-bond donors (Lipinski definition) is 0. The second-order valence-electron chi connectivity index (χ2n) is 3.75. The predicted octanol–water partition coefficient (Wildman–Crippen LogP) is 3.18. The highest BCUT2D eigenvalue weighted by Gasteiger charge is 2.20. The average molecular weight is 168 g/mol. The summed E-state index contributed by atoms with van der Waals surface area (Å²) in [5.41, 5.74) is 1.34. The van der Waals surface area contributed by atoms with Crippen LogP contribution < -0.4 is 0 Å². The Morgan fingerprint density at radius 2 is 2.08 bits per heavy atom. The summed E-state index contributed by atoms with van der Waals surface area (Å²) in [6.07, 6.45) is 3.94. The van der Waals surface area contributed by atoms with Crippen LogP contribution in [0.4, 0.5) is 0 Å². The molecule has 70 valence electrons. The normalized spacial score (nSPS) is 11.2. The zero-order chi connectivity index (χ0) is 9.61. The molecule has 0 unspecified atom stereocenters. The molecule has 0 rings (SSSR count). The fraction of sp³-hybridized carbons (Fsp3) is 0.636. The van der Waals surface area contributed by atoms with Crippen LogP contribution in [0.1, 0.15) is 26.7 Å². The first kappa shape index (κ1) is 11.4. The molecule has 0 saturated heterocycles. The van der Waals surface area contributed by atoms with Gasteiger partial charge in [-0.1, -0.05) is 32.1 Å². The Kier molecular flexibility index (Phi) is 4.91. The van der Waals surface area contributed by atoms with E-state index in [1.807, 2.05) is 6.08 Å². The average Bonchev–Trinajstić information content (AvgIpc) is 2.00. The quantitative estimate of drug-likeness (QED) is 0.553. The molecule has 0 heterocycles. The van der Waals surface area contributed by atoms with Gasteiger partial charge in [-0.3, -0.25) is 0 Å². The summed E-state index contributed by atoms with van der Waals surface area (Å²) >= 11 is 0. The van der Waals surface area contributed by atoms with Crippen molar-refractivity contribution in [1.29, 1.82) is 0 Å². The minimum atomic E-state index is 0.0950. The van der Waals surface area contributed by atoms with E-state index in [9.17, 15) is 0 Å². The molecule has 0 bridgehead atoms. The van der Waals surface area contributed by atoms with Gasteiger partial charge < -0.3 is 4.74 Å². The molecule has 0 aliphatic heterocycles. The van der Waals surface area contributed by atoms with Crippen LogP contribution in [0, 0.1) is 5.41 Å². The van der Waals surface area contributed by atoms with Gasteiger partial charge >= 0.3 is 0 Å². The smallest absolute Gasteiger partial charge is 0.0550 e. The van der Waals surface area contributed by atoms with Gasteiger partial charge in [0.05, 0.1) is 6.61 Å². The van der Waals surface area contributed by atoms with Gasteiger partial charge in [-0.05, 0) is 12.8 Å². The maximum Gasteiger partial charge on any atom is 0.0550 e. The van der Waals surface area contributed by atoms with Crippen molar-refractivity contribution in [2.45, 2.75) is 26.7 Å². The van der Waals surface area contributed by atoms with Crippen molar-refractivity contribution in [3.63, 3.8) is 0 Å². The van der Waals surface area contributed by atoms with Crippen molar-refractivity contribution < 1.29 is 4.74 Å². The monoisotopic (exact) mass is 168 g/mol. The lowest BCUT2D eigenvalue weighted by Crippen LogP contribution is -2.20. The first-order valence-electron chi connectivity index (χ1n) is 4.32. The maximum absolute atomic E-state index is 5.12. The molecule has 0 radical (unpaired) electrons. The van der Waals surface area contributed by atoms with Gasteiger partial charge in [0.25, 0.3) is 0 Å². The van der Waals surface area contributed by atoms with E-state index in [-0.39, 0.29) is 5.41 Å². The lowest BCUT2D eigenvalue weighted by molar-refractivity contribution is 0.124. The van der Waals surface area contributed by atoms with Gasteiger partial charge in [0.1, 0.15) is 0 Å². The summed E-state index contributed by atoms with van der Waals surface area (Å²) in [7, 11) is 1.72. The van der Waals surface area contributed by atoms with Crippen molar-refractivity contribution in [1.82, 2.24) is 0 Å². The molecule has 0 aliphatic rings. The molecular weight excluding hydrogens is 148 g/mol. The van der Waals surface area contributed by atoms with E-state index < -0.39 is 0 Å². The second-order valence-corrected chi connectivity index (χ2v) is 3.75. The SMILES string of the molecule is C=CCCC(=C)C(C)(C)COC. The Bertz CT molecular complexity index is 156. The number of rotatable bonds is 6. The summed E-state index contributed by atoms with van der Waals surface area (Å²) in [5, 5.41) is 0. The number of ether oxygens (including phenoxy) is 1. The number of methoxy groups -OCH3 is 1. The van der Waals surface area contributed by atoms with Crippen molar-refractivity contribution in [3.05, 3.63) is 24.8 Å². The minimum absolute atomic E-state index is 0.0950. The molecule has 0 spiro atoms. The molecule has 0 aromatic carbocycles. The molecule has 1 heteroatoms. The molecule has 0 aromatic rings. The fourth-order valence-electron chi connectivity index (χ4n) is 1.08. The first-order chi connectivity index (χ1) is 5.54. The largest absolute Gasteiger partial charge is 0.384 e. The van der Waals surface area contributed by atoms with Gasteiger partial charge in [0.15, 0.2) is 0 Å². The van der Waals surface area contributed by atoms with E-state index in [0.29, 0.717) is 0 Å². The number of allylic oxidation sites excluding steroid dienone is 1.